The molecule has 3 aromatic rings. The molecule has 0 fully saturated rings. The minimum atomic E-state index is -0.228. The minimum Gasteiger partial charge on any atom is -0.267 e. The molecule has 0 bridgehead atoms. The summed E-state index contributed by atoms with van der Waals surface area (Å²) in [6.07, 6.45) is 1.66. The van der Waals surface area contributed by atoms with E-state index in [9.17, 15) is 4.79 Å². The van der Waals surface area contributed by atoms with E-state index in [1.807, 2.05) is 55.8 Å². The van der Waals surface area contributed by atoms with E-state index in [0.717, 1.165) is 22.5 Å². The SMILES string of the molecule is Cc1ccc(C(=O)N/N=C/c2c(C)nn(Cc3ccccc3)c2C)cc1. The number of benzene rings is 2. The van der Waals surface area contributed by atoms with Crippen molar-refractivity contribution in [3.63, 3.8) is 0 Å². The molecule has 26 heavy (non-hydrogen) atoms. The highest BCUT2D eigenvalue weighted by atomic mass is 16.2. The summed E-state index contributed by atoms with van der Waals surface area (Å²) in [6.45, 7) is 6.64. The van der Waals surface area contributed by atoms with Gasteiger partial charge in [-0.1, -0.05) is 48.0 Å². The topological polar surface area (TPSA) is 59.3 Å². The molecular weight excluding hydrogens is 324 g/mol. The average Bonchev–Trinajstić information content (AvgIpc) is 2.90. The van der Waals surface area contributed by atoms with E-state index in [0.29, 0.717) is 12.1 Å². The number of hydrogen-bond donors (Lipinski definition) is 1. The lowest BCUT2D eigenvalue weighted by atomic mass is 10.1. The van der Waals surface area contributed by atoms with Crippen molar-refractivity contribution in [3.05, 3.63) is 88.2 Å². The van der Waals surface area contributed by atoms with Gasteiger partial charge in [0.1, 0.15) is 0 Å². The molecule has 0 saturated carbocycles. The monoisotopic (exact) mass is 346 g/mol. The molecule has 0 unspecified atom stereocenters. The van der Waals surface area contributed by atoms with E-state index >= 15 is 0 Å². The molecule has 0 spiro atoms. The van der Waals surface area contributed by atoms with Gasteiger partial charge in [0.2, 0.25) is 0 Å². The van der Waals surface area contributed by atoms with Gasteiger partial charge >= 0.3 is 0 Å². The van der Waals surface area contributed by atoms with Crippen molar-refractivity contribution in [3.8, 4) is 0 Å². The van der Waals surface area contributed by atoms with Gasteiger partial charge in [-0.15, -0.1) is 0 Å². The molecule has 5 heteroatoms. The third-order valence-electron chi connectivity index (χ3n) is 4.29. The fourth-order valence-electron chi connectivity index (χ4n) is 2.73. The van der Waals surface area contributed by atoms with Crippen LogP contribution in [0.1, 0.15) is 38.4 Å². The van der Waals surface area contributed by atoms with Gasteiger partial charge in [0, 0.05) is 16.8 Å². The Morgan fingerprint density at radius 3 is 2.46 bits per heavy atom. The molecule has 1 N–H and O–H groups in total. The van der Waals surface area contributed by atoms with Gasteiger partial charge in [-0.25, -0.2) is 5.43 Å². The maximum Gasteiger partial charge on any atom is 0.271 e. The van der Waals surface area contributed by atoms with E-state index < -0.39 is 0 Å². The summed E-state index contributed by atoms with van der Waals surface area (Å²) in [6, 6.07) is 17.6. The zero-order valence-corrected chi connectivity index (χ0v) is 15.2. The van der Waals surface area contributed by atoms with Crippen molar-refractivity contribution in [1.82, 2.24) is 15.2 Å². The van der Waals surface area contributed by atoms with Gasteiger partial charge in [0.25, 0.3) is 5.91 Å². The van der Waals surface area contributed by atoms with Gasteiger partial charge < -0.3 is 0 Å². The molecule has 5 nitrogen and oxygen atoms in total. The highest BCUT2D eigenvalue weighted by Crippen LogP contribution is 2.13. The van der Waals surface area contributed by atoms with Gasteiger partial charge in [-0.05, 0) is 38.5 Å². The molecular formula is C21H22N4O. The van der Waals surface area contributed by atoms with Crippen LogP contribution in [0.5, 0.6) is 0 Å². The van der Waals surface area contributed by atoms with Crippen LogP contribution >= 0.6 is 0 Å². The predicted molar refractivity (Wildman–Crippen MR) is 103 cm³/mol. The number of carbonyl (C=O) groups is 1. The standard InChI is InChI=1S/C21H22N4O/c1-15-9-11-19(12-10-15)21(26)23-22-13-20-16(2)24-25(17(20)3)14-18-7-5-4-6-8-18/h4-13H,14H2,1-3H3,(H,23,26)/b22-13+. The number of hydrazone groups is 1. The van der Waals surface area contributed by atoms with Crippen LogP contribution in [0.2, 0.25) is 0 Å². The van der Waals surface area contributed by atoms with E-state index in [-0.39, 0.29) is 5.91 Å². The first kappa shape index (κ1) is 17.6. The van der Waals surface area contributed by atoms with Crippen LogP contribution in [0.25, 0.3) is 0 Å². The molecule has 1 heterocycles. The molecule has 1 aromatic heterocycles. The maximum absolute atomic E-state index is 12.1. The van der Waals surface area contributed by atoms with Gasteiger partial charge in [0.15, 0.2) is 0 Å². The number of rotatable bonds is 5. The zero-order valence-electron chi connectivity index (χ0n) is 15.2. The normalized spacial score (nSPS) is 11.0. The molecule has 2 aromatic carbocycles. The lowest BCUT2D eigenvalue weighted by molar-refractivity contribution is 0.0955. The van der Waals surface area contributed by atoms with Crippen LogP contribution in [0.4, 0.5) is 0 Å². The highest BCUT2D eigenvalue weighted by Gasteiger charge is 2.10. The quantitative estimate of drug-likeness (QED) is 0.566. The van der Waals surface area contributed by atoms with E-state index in [1.54, 1.807) is 18.3 Å². The molecule has 0 aliphatic heterocycles. The van der Waals surface area contributed by atoms with Crippen LogP contribution in [-0.2, 0) is 6.54 Å². The zero-order chi connectivity index (χ0) is 18.5. The third-order valence-corrected chi connectivity index (χ3v) is 4.29. The molecule has 3 rings (SSSR count). The smallest absolute Gasteiger partial charge is 0.267 e. The summed E-state index contributed by atoms with van der Waals surface area (Å²) in [4.78, 5) is 12.1. The number of aryl methyl sites for hydroxylation is 2. The third kappa shape index (κ3) is 4.06. The van der Waals surface area contributed by atoms with Gasteiger partial charge in [-0.2, -0.15) is 10.2 Å². The van der Waals surface area contributed by atoms with Crippen molar-refractivity contribution < 1.29 is 4.79 Å². The molecule has 1 amide bonds. The first-order valence-electron chi connectivity index (χ1n) is 8.52. The van der Waals surface area contributed by atoms with Crippen LogP contribution in [0, 0.1) is 20.8 Å². The molecule has 0 radical (unpaired) electrons. The number of hydrogen-bond acceptors (Lipinski definition) is 3. The van der Waals surface area contributed by atoms with E-state index in [4.69, 9.17) is 0 Å². The summed E-state index contributed by atoms with van der Waals surface area (Å²) in [5.41, 5.74) is 8.28. The Hall–Kier alpha value is -3.21. The lowest BCUT2D eigenvalue weighted by Gasteiger charge is -2.04. The fourth-order valence-corrected chi connectivity index (χ4v) is 2.73. The van der Waals surface area contributed by atoms with Crippen molar-refractivity contribution in [1.29, 1.82) is 0 Å². The van der Waals surface area contributed by atoms with Crippen LogP contribution in [0.3, 0.4) is 0 Å². The highest BCUT2D eigenvalue weighted by molar-refractivity contribution is 5.95. The number of nitrogens with zero attached hydrogens (tertiary/aromatic N) is 3. The summed E-state index contributed by atoms with van der Waals surface area (Å²) in [7, 11) is 0. The molecule has 132 valence electrons. The predicted octanol–water partition coefficient (Wildman–Crippen LogP) is 3.62. The van der Waals surface area contributed by atoms with Gasteiger partial charge in [-0.3, -0.25) is 9.48 Å². The minimum absolute atomic E-state index is 0.228. The number of carbonyl (C=O) groups excluding carboxylic acids is 1. The van der Waals surface area contributed by atoms with Crippen LogP contribution in [-0.4, -0.2) is 21.9 Å². The molecule has 0 atom stereocenters. The Morgan fingerprint density at radius 2 is 1.77 bits per heavy atom. The molecule has 0 aliphatic rings. The van der Waals surface area contributed by atoms with Crippen LogP contribution < -0.4 is 5.43 Å². The van der Waals surface area contributed by atoms with Gasteiger partial charge in [0.05, 0.1) is 18.5 Å². The van der Waals surface area contributed by atoms with E-state index in [1.165, 1.54) is 5.56 Å². The summed E-state index contributed by atoms with van der Waals surface area (Å²) in [5.74, 6) is -0.228. The van der Waals surface area contributed by atoms with Crippen molar-refractivity contribution >= 4 is 12.1 Å². The average molecular weight is 346 g/mol. The second-order valence-electron chi connectivity index (χ2n) is 6.29. The first-order chi connectivity index (χ1) is 12.5. The Bertz CT molecular complexity index is 925. The Kier molecular flexibility index (Phi) is 5.27. The van der Waals surface area contributed by atoms with E-state index in [2.05, 4.69) is 27.8 Å². The molecule has 0 aliphatic carbocycles. The first-order valence-corrected chi connectivity index (χ1v) is 8.52. The number of aromatic nitrogens is 2. The maximum atomic E-state index is 12.1. The summed E-state index contributed by atoms with van der Waals surface area (Å²) >= 11 is 0. The summed E-state index contributed by atoms with van der Waals surface area (Å²) < 4.78 is 1.95. The Balaban J connectivity index is 1.70. The molecule has 0 saturated heterocycles. The lowest BCUT2D eigenvalue weighted by Crippen LogP contribution is -2.17. The van der Waals surface area contributed by atoms with Crippen molar-refractivity contribution in [2.75, 3.05) is 0 Å². The number of nitrogens with one attached hydrogen (secondary N) is 1. The number of amides is 1. The van der Waals surface area contributed by atoms with Crippen LogP contribution in [0.15, 0.2) is 59.7 Å². The second-order valence-corrected chi connectivity index (χ2v) is 6.29. The fraction of sp³-hybridized carbons (Fsp3) is 0.190. The second kappa shape index (κ2) is 7.78. The Morgan fingerprint density at radius 1 is 1.08 bits per heavy atom. The summed E-state index contributed by atoms with van der Waals surface area (Å²) in [5, 5.41) is 8.69. The van der Waals surface area contributed by atoms with Crippen molar-refractivity contribution in [2.45, 2.75) is 27.3 Å². The van der Waals surface area contributed by atoms with Crippen molar-refractivity contribution in [2.24, 2.45) is 5.10 Å². The Labute approximate surface area is 153 Å². The largest absolute Gasteiger partial charge is 0.271 e.